The Kier molecular flexibility index (Phi) is 6.45. The zero-order chi connectivity index (χ0) is 10.2. The summed E-state index contributed by atoms with van der Waals surface area (Å²) < 4.78 is 0. The number of nitrogens with one attached hydrogen (secondary N) is 1. The molecule has 0 aromatic rings. The van der Waals surface area contributed by atoms with Gasteiger partial charge in [-0.2, -0.15) is 5.26 Å². The Balaban J connectivity index is 3.76. The number of nitrogens with zero attached hydrogens (tertiary/aromatic N) is 1. The zero-order valence-electron chi connectivity index (χ0n) is 7.53. The molecule has 0 bridgehead atoms. The average molecular weight is 188 g/mol. The van der Waals surface area contributed by atoms with E-state index in [1.54, 1.807) is 0 Å². The van der Waals surface area contributed by atoms with Crippen LogP contribution in [-0.2, 0) is 0 Å². The van der Waals surface area contributed by atoms with Crippen LogP contribution in [0.25, 0.3) is 0 Å². The van der Waals surface area contributed by atoms with Crippen LogP contribution in [0.4, 0.5) is 0 Å². The Labute approximate surface area is 77.6 Å². The third-order valence-electron chi connectivity index (χ3n) is 1.87. The second-order valence-corrected chi connectivity index (χ2v) is 2.94. The number of rotatable bonds is 7. The molecule has 0 fully saturated rings. The fourth-order valence-electron chi connectivity index (χ4n) is 0.839. The van der Waals surface area contributed by atoms with E-state index in [4.69, 9.17) is 20.6 Å². The number of nitriles is 1. The van der Waals surface area contributed by atoms with Crippen LogP contribution in [0.1, 0.15) is 12.8 Å². The van der Waals surface area contributed by atoms with Gasteiger partial charge in [0, 0.05) is 6.42 Å². The van der Waals surface area contributed by atoms with Crippen molar-refractivity contribution < 1.29 is 15.3 Å². The largest absolute Gasteiger partial charge is 0.394 e. The van der Waals surface area contributed by atoms with E-state index < -0.39 is 5.54 Å². The molecule has 5 nitrogen and oxygen atoms in total. The molecule has 76 valence electrons. The maximum Gasteiger partial charge on any atom is 0.0881 e. The van der Waals surface area contributed by atoms with E-state index in [2.05, 4.69) is 5.32 Å². The van der Waals surface area contributed by atoms with E-state index >= 15 is 0 Å². The lowest BCUT2D eigenvalue weighted by atomic mass is 10.0. The monoisotopic (exact) mass is 188 g/mol. The van der Waals surface area contributed by atoms with Crippen molar-refractivity contribution in [2.24, 2.45) is 0 Å². The van der Waals surface area contributed by atoms with Gasteiger partial charge in [-0.25, -0.2) is 0 Å². The number of aliphatic hydroxyl groups is 3. The predicted molar refractivity (Wildman–Crippen MR) is 46.8 cm³/mol. The predicted octanol–water partition coefficient (Wildman–Crippen LogP) is -1.40. The van der Waals surface area contributed by atoms with Gasteiger partial charge >= 0.3 is 0 Å². The van der Waals surface area contributed by atoms with Crippen LogP contribution in [0.2, 0.25) is 0 Å². The van der Waals surface area contributed by atoms with Crippen LogP contribution in [0.15, 0.2) is 0 Å². The molecular formula is C8H16N2O3. The van der Waals surface area contributed by atoms with Crippen molar-refractivity contribution in [3.05, 3.63) is 0 Å². The highest BCUT2D eigenvalue weighted by molar-refractivity contribution is 4.86. The minimum absolute atomic E-state index is 0.327. The summed E-state index contributed by atoms with van der Waals surface area (Å²) in [5.41, 5.74) is -1.02. The molecule has 0 aromatic heterocycles. The van der Waals surface area contributed by atoms with E-state index in [9.17, 15) is 0 Å². The first-order chi connectivity index (χ1) is 6.24. The van der Waals surface area contributed by atoms with Crippen molar-refractivity contribution in [1.82, 2.24) is 5.32 Å². The molecule has 0 aliphatic carbocycles. The van der Waals surface area contributed by atoms with Gasteiger partial charge in [-0.1, -0.05) is 0 Å². The molecule has 4 N–H and O–H groups in total. The highest BCUT2D eigenvalue weighted by atomic mass is 16.3. The molecule has 0 saturated heterocycles. The molecule has 0 spiro atoms. The first-order valence-corrected chi connectivity index (χ1v) is 4.19. The molecule has 13 heavy (non-hydrogen) atoms. The van der Waals surface area contributed by atoms with E-state index in [-0.39, 0.29) is 19.8 Å². The second-order valence-electron chi connectivity index (χ2n) is 2.94. The molecule has 0 heterocycles. The third kappa shape index (κ3) is 4.20. The Morgan fingerprint density at radius 2 is 1.69 bits per heavy atom. The van der Waals surface area contributed by atoms with E-state index in [0.29, 0.717) is 19.4 Å². The smallest absolute Gasteiger partial charge is 0.0881 e. The van der Waals surface area contributed by atoms with Crippen LogP contribution in [0.3, 0.4) is 0 Å². The van der Waals surface area contributed by atoms with Crippen molar-refractivity contribution in [2.75, 3.05) is 26.4 Å². The van der Waals surface area contributed by atoms with E-state index in [0.717, 1.165) is 0 Å². The molecular weight excluding hydrogens is 172 g/mol. The van der Waals surface area contributed by atoms with Gasteiger partial charge in [-0.05, 0) is 13.0 Å². The lowest BCUT2D eigenvalue weighted by molar-refractivity contribution is 0.0427. The van der Waals surface area contributed by atoms with Crippen molar-refractivity contribution >= 4 is 0 Å². The SMILES string of the molecule is N#CCCCNC(CO)(CO)CO. The number of aliphatic hydroxyl groups excluding tert-OH is 3. The van der Waals surface area contributed by atoms with Gasteiger partial charge in [0.15, 0.2) is 0 Å². The van der Waals surface area contributed by atoms with Crippen molar-refractivity contribution in [3.8, 4) is 6.07 Å². The molecule has 0 rings (SSSR count). The van der Waals surface area contributed by atoms with Gasteiger partial charge in [-0.3, -0.25) is 0 Å². The molecule has 0 atom stereocenters. The van der Waals surface area contributed by atoms with Crippen LogP contribution in [0, 0.1) is 11.3 Å². The fraction of sp³-hybridized carbons (Fsp3) is 0.875. The van der Waals surface area contributed by atoms with Crippen LogP contribution in [-0.4, -0.2) is 47.2 Å². The first kappa shape index (κ1) is 12.3. The van der Waals surface area contributed by atoms with Gasteiger partial charge in [0.25, 0.3) is 0 Å². The van der Waals surface area contributed by atoms with Crippen LogP contribution in [0.5, 0.6) is 0 Å². The molecule has 0 unspecified atom stereocenters. The third-order valence-corrected chi connectivity index (χ3v) is 1.87. The number of unbranched alkanes of at least 4 members (excludes halogenated alkanes) is 1. The molecule has 0 aliphatic rings. The molecule has 0 radical (unpaired) electrons. The summed E-state index contributed by atoms with van der Waals surface area (Å²) in [5.74, 6) is 0. The summed E-state index contributed by atoms with van der Waals surface area (Å²) in [5, 5.41) is 37.7. The van der Waals surface area contributed by atoms with Crippen molar-refractivity contribution in [3.63, 3.8) is 0 Å². The molecule has 5 heteroatoms. The highest BCUT2D eigenvalue weighted by Gasteiger charge is 2.26. The normalized spacial score (nSPS) is 11.2. The van der Waals surface area contributed by atoms with Gasteiger partial charge in [0.05, 0.1) is 31.4 Å². The second kappa shape index (κ2) is 6.80. The van der Waals surface area contributed by atoms with Gasteiger partial charge in [-0.15, -0.1) is 0 Å². The molecule has 0 aromatic carbocycles. The van der Waals surface area contributed by atoms with E-state index in [1.807, 2.05) is 6.07 Å². The Bertz CT molecular complexity index is 155. The summed E-state index contributed by atoms with van der Waals surface area (Å²) in [6.07, 6.45) is 1.06. The average Bonchev–Trinajstić information content (AvgIpc) is 2.20. The van der Waals surface area contributed by atoms with Crippen molar-refractivity contribution in [1.29, 1.82) is 5.26 Å². The molecule has 0 saturated carbocycles. The lowest BCUT2D eigenvalue weighted by Crippen LogP contribution is -2.55. The maximum absolute atomic E-state index is 8.89. The fourth-order valence-corrected chi connectivity index (χ4v) is 0.839. The summed E-state index contributed by atoms with van der Waals surface area (Å²) in [6, 6.07) is 1.98. The standard InChI is InChI=1S/C8H16N2O3/c9-3-1-2-4-10-8(5-11,6-12)7-13/h10-13H,1-2,4-7H2. The molecule has 0 aliphatic heterocycles. The van der Waals surface area contributed by atoms with Crippen molar-refractivity contribution in [2.45, 2.75) is 18.4 Å². The Morgan fingerprint density at radius 3 is 2.08 bits per heavy atom. The Hall–Kier alpha value is -0.670. The molecule has 0 amide bonds. The van der Waals surface area contributed by atoms with Gasteiger partial charge in [0.1, 0.15) is 0 Å². The summed E-state index contributed by atoms with van der Waals surface area (Å²) in [4.78, 5) is 0. The summed E-state index contributed by atoms with van der Waals surface area (Å²) >= 11 is 0. The summed E-state index contributed by atoms with van der Waals surface area (Å²) in [6.45, 7) is -0.485. The zero-order valence-corrected chi connectivity index (χ0v) is 7.53. The quantitative estimate of drug-likeness (QED) is 0.368. The number of hydrogen-bond donors (Lipinski definition) is 4. The van der Waals surface area contributed by atoms with Crippen LogP contribution < -0.4 is 5.32 Å². The lowest BCUT2D eigenvalue weighted by Gasteiger charge is -2.28. The van der Waals surface area contributed by atoms with E-state index in [1.165, 1.54) is 0 Å². The van der Waals surface area contributed by atoms with Crippen LogP contribution >= 0.6 is 0 Å². The highest BCUT2D eigenvalue weighted by Crippen LogP contribution is 2.01. The van der Waals surface area contributed by atoms with Gasteiger partial charge < -0.3 is 20.6 Å². The maximum atomic E-state index is 8.89. The minimum Gasteiger partial charge on any atom is -0.394 e. The topological polar surface area (TPSA) is 96.5 Å². The summed E-state index contributed by atoms with van der Waals surface area (Å²) in [7, 11) is 0. The van der Waals surface area contributed by atoms with Gasteiger partial charge in [0.2, 0.25) is 0 Å². The first-order valence-electron chi connectivity index (χ1n) is 4.19. The number of hydrogen-bond acceptors (Lipinski definition) is 5. The Morgan fingerprint density at radius 1 is 1.15 bits per heavy atom. The minimum atomic E-state index is -1.02.